The van der Waals surface area contributed by atoms with Crippen LogP contribution in [-0.4, -0.2) is 114 Å². The highest BCUT2D eigenvalue weighted by molar-refractivity contribution is 5.69. The second kappa shape index (κ2) is 10.2. The normalized spacial score (nSPS) is 44.4. The molecule has 0 amide bonds. The van der Waals surface area contributed by atoms with E-state index < -0.39 is 80.2 Å². The molecule has 0 aromatic carbocycles. The number of hydrogen-bond acceptors (Lipinski definition) is 11. The molecule has 2 fully saturated rings. The third kappa shape index (κ3) is 4.97. The predicted octanol–water partition coefficient (Wildman–Crippen LogP) is -3.82. The standard InChI is InChI=1S/C16H30N2O10/c1-6-7(4-19)26-15(10(17)12(6)23)28-14-8(5-20)27-16(25-2)11(13(14)24)18-3-9(21)22/h6-8,10-16,18-20,23-24H,3-5,17H2,1-2H3,(H,21,22). The first-order valence-electron chi connectivity index (χ1n) is 9.02. The molecule has 0 aliphatic carbocycles. The molecule has 2 rings (SSSR count). The van der Waals surface area contributed by atoms with Crippen molar-refractivity contribution in [1.82, 2.24) is 5.32 Å². The zero-order valence-corrected chi connectivity index (χ0v) is 15.7. The first-order chi connectivity index (χ1) is 13.2. The van der Waals surface area contributed by atoms with E-state index in [9.17, 15) is 25.2 Å². The molecule has 12 nitrogen and oxygen atoms in total. The van der Waals surface area contributed by atoms with Gasteiger partial charge in [0.05, 0.1) is 44.1 Å². The van der Waals surface area contributed by atoms with Crippen molar-refractivity contribution < 1.29 is 49.3 Å². The van der Waals surface area contributed by atoms with Crippen LogP contribution in [0.25, 0.3) is 0 Å². The number of carboxylic acid groups (broad SMARTS) is 1. The van der Waals surface area contributed by atoms with E-state index in [4.69, 9.17) is 29.8 Å². The Bertz CT molecular complexity index is 510. The van der Waals surface area contributed by atoms with Crippen molar-refractivity contribution in [2.45, 2.75) is 62.1 Å². The third-order valence-electron chi connectivity index (χ3n) is 5.19. The fourth-order valence-corrected chi connectivity index (χ4v) is 3.46. The van der Waals surface area contributed by atoms with Gasteiger partial charge in [0.15, 0.2) is 12.6 Å². The zero-order chi connectivity index (χ0) is 21.0. The van der Waals surface area contributed by atoms with Crippen molar-refractivity contribution in [3.05, 3.63) is 0 Å². The van der Waals surface area contributed by atoms with Crippen LogP contribution in [0, 0.1) is 5.92 Å². The number of methoxy groups -OCH3 is 1. The summed E-state index contributed by atoms with van der Waals surface area (Å²) in [5.74, 6) is -1.59. The number of aliphatic hydroxyl groups excluding tert-OH is 4. The number of aliphatic carboxylic acids is 1. The molecule has 2 aliphatic rings. The van der Waals surface area contributed by atoms with Gasteiger partial charge >= 0.3 is 5.97 Å². The molecule has 0 spiro atoms. The molecule has 0 aromatic rings. The monoisotopic (exact) mass is 410 g/mol. The van der Waals surface area contributed by atoms with Crippen LogP contribution in [0.2, 0.25) is 0 Å². The number of nitrogens with one attached hydrogen (secondary N) is 1. The molecule has 2 heterocycles. The molecular formula is C16H30N2O10. The summed E-state index contributed by atoms with van der Waals surface area (Å²) < 4.78 is 22.1. The molecule has 0 bridgehead atoms. The minimum atomic E-state index is -1.35. The van der Waals surface area contributed by atoms with Gasteiger partial charge in [-0.1, -0.05) is 6.92 Å². The Morgan fingerprint density at radius 2 is 1.71 bits per heavy atom. The second-order valence-electron chi connectivity index (χ2n) is 7.01. The number of hydrogen-bond donors (Lipinski definition) is 7. The van der Waals surface area contributed by atoms with Crippen LogP contribution < -0.4 is 11.1 Å². The highest BCUT2D eigenvalue weighted by Gasteiger charge is 2.49. The Kier molecular flexibility index (Phi) is 8.51. The number of carbonyl (C=O) groups is 1. The summed E-state index contributed by atoms with van der Waals surface area (Å²) in [5.41, 5.74) is 5.98. The molecule has 2 aliphatic heterocycles. The number of ether oxygens (including phenoxy) is 4. The first kappa shape index (κ1) is 23.3. The Morgan fingerprint density at radius 3 is 2.25 bits per heavy atom. The van der Waals surface area contributed by atoms with Crippen molar-refractivity contribution >= 4 is 5.97 Å². The van der Waals surface area contributed by atoms with E-state index in [1.165, 1.54) is 7.11 Å². The minimum Gasteiger partial charge on any atom is -0.480 e. The van der Waals surface area contributed by atoms with Gasteiger partial charge in [0.2, 0.25) is 0 Å². The van der Waals surface area contributed by atoms with Crippen molar-refractivity contribution in [3.63, 3.8) is 0 Å². The summed E-state index contributed by atoms with van der Waals surface area (Å²) in [7, 11) is 1.31. The molecule has 10 unspecified atom stereocenters. The van der Waals surface area contributed by atoms with Gasteiger partial charge in [0, 0.05) is 13.0 Å². The third-order valence-corrected chi connectivity index (χ3v) is 5.19. The average Bonchev–Trinajstić information content (AvgIpc) is 2.68. The number of aliphatic hydroxyl groups is 4. The van der Waals surface area contributed by atoms with E-state index in [1.54, 1.807) is 6.92 Å². The molecule has 0 radical (unpaired) electrons. The van der Waals surface area contributed by atoms with E-state index in [1.807, 2.05) is 0 Å². The van der Waals surface area contributed by atoms with Crippen LogP contribution >= 0.6 is 0 Å². The van der Waals surface area contributed by atoms with Crippen LogP contribution in [0.15, 0.2) is 0 Å². The molecule has 8 N–H and O–H groups in total. The lowest BCUT2D eigenvalue weighted by Gasteiger charge is -2.47. The fraction of sp³-hybridized carbons (Fsp3) is 0.938. The molecule has 164 valence electrons. The van der Waals surface area contributed by atoms with Crippen LogP contribution in [0.5, 0.6) is 0 Å². The van der Waals surface area contributed by atoms with E-state index in [2.05, 4.69) is 5.32 Å². The maximum Gasteiger partial charge on any atom is 0.317 e. The van der Waals surface area contributed by atoms with E-state index >= 15 is 0 Å². The van der Waals surface area contributed by atoms with Gasteiger partial charge in [-0.15, -0.1) is 0 Å². The Hall–Kier alpha value is -0.930. The SMILES string of the molecule is COC1OC(CO)C(OC2OC(CO)C(C)C(O)C2N)C(O)C1NCC(=O)O. The van der Waals surface area contributed by atoms with Crippen LogP contribution in [0.1, 0.15) is 6.92 Å². The average molecular weight is 410 g/mol. The largest absolute Gasteiger partial charge is 0.480 e. The maximum absolute atomic E-state index is 10.9. The summed E-state index contributed by atoms with van der Waals surface area (Å²) >= 11 is 0. The van der Waals surface area contributed by atoms with Crippen LogP contribution in [0.3, 0.4) is 0 Å². The van der Waals surface area contributed by atoms with Gasteiger partial charge in [0.25, 0.3) is 0 Å². The zero-order valence-electron chi connectivity index (χ0n) is 15.7. The van der Waals surface area contributed by atoms with Crippen LogP contribution in [0.4, 0.5) is 0 Å². The van der Waals surface area contributed by atoms with Gasteiger partial charge in [-0.2, -0.15) is 0 Å². The van der Waals surface area contributed by atoms with Gasteiger partial charge < -0.3 is 50.2 Å². The molecule has 0 saturated carbocycles. The van der Waals surface area contributed by atoms with Crippen LogP contribution in [-0.2, 0) is 23.7 Å². The second-order valence-corrected chi connectivity index (χ2v) is 7.01. The van der Waals surface area contributed by atoms with Gasteiger partial charge in [-0.05, 0) is 0 Å². The van der Waals surface area contributed by atoms with Gasteiger partial charge in [-0.3, -0.25) is 10.1 Å². The number of rotatable bonds is 8. The quantitative estimate of drug-likeness (QED) is 0.206. The Labute approximate surface area is 162 Å². The molecule has 2 saturated heterocycles. The highest BCUT2D eigenvalue weighted by Crippen LogP contribution is 2.30. The van der Waals surface area contributed by atoms with E-state index in [0.717, 1.165) is 0 Å². The maximum atomic E-state index is 10.9. The summed E-state index contributed by atoms with van der Waals surface area (Å²) in [6, 6.07) is -1.96. The smallest absolute Gasteiger partial charge is 0.317 e. The van der Waals surface area contributed by atoms with E-state index in [0.29, 0.717) is 0 Å². The van der Waals surface area contributed by atoms with Crippen molar-refractivity contribution in [1.29, 1.82) is 0 Å². The van der Waals surface area contributed by atoms with Crippen molar-refractivity contribution in [3.8, 4) is 0 Å². The lowest BCUT2D eigenvalue weighted by atomic mass is 9.89. The highest BCUT2D eigenvalue weighted by atomic mass is 16.7. The van der Waals surface area contributed by atoms with Gasteiger partial charge in [0.1, 0.15) is 18.3 Å². The predicted molar refractivity (Wildman–Crippen MR) is 92.0 cm³/mol. The minimum absolute atomic E-state index is 0.369. The molecule has 0 aromatic heterocycles. The molecule has 12 heteroatoms. The van der Waals surface area contributed by atoms with Crippen molar-refractivity contribution in [2.24, 2.45) is 11.7 Å². The lowest BCUT2D eigenvalue weighted by Crippen LogP contribution is -2.67. The fourth-order valence-electron chi connectivity index (χ4n) is 3.46. The summed E-state index contributed by atoms with van der Waals surface area (Å²) in [4.78, 5) is 10.9. The topological polar surface area (TPSA) is 193 Å². The van der Waals surface area contributed by atoms with Gasteiger partial charge in [-0.25, -0.2) is 0 Å². The molecular weight excluding hydrogens is 380 g/mol. The molecule has 10 atom stereocenters. The summed E-state index contributed by atoms with van der Waals surface area (Å²) in [6.45, 7) is 0.305. The Balaban J connectivity index is 2.17. The lowest BCUT2D eigenvalue weighted by molar-refractivity contribution is -0.324. The first-order valence-corrected chi connectivity index (χ1v) is 9.02. The molecule has 28 heavy (non-hydrogen) atoms. The van der Waals surface area contributed by atoms with Crippen molar-refractivity contribution in [2.75, 3.05) is 26.9 Å². The number of nitrogens with two attached hydrogens (primary N) is 1. The Morgan fingerprint density at radius 1 is 1.11 bits per heavy atom. The van der Waals surface area contributed by atoms with E-state index in [-0.39, 0.29) is 6.61 Å². The summed E-state index contributed by atoms with van der Waals surface area (Å²) in [5, 5.41) is 51.6. The number of carboxylic acids is 1. The summed E-state index contributed by atoms with van der Waals surface area (Å²) in [6.07, 6.45) is -7.54.